The number of nitrogens with zero attached hydrogens (tertiary/aromatic N) is 3. The van der Waals surface area contributed by atoms with Crippen LogP contribution in [-0.2, 0) is 20.9 Å². The third-order valence-electron chi connectivity index (χ3n) is 6.02. The lowest BCUT2D eigenvalue weighted by molar-refractivity contribution is -0.109. The molecule has 0 bridgehead atoms. The number of aldehydes is 1. The Morgan fingerprint density at radius 1 is 1.10 bits per heavy atom. The number of halogens is 1. The van der Waals surface area contributed by atoms with Crippen LogP contribution in [0, 0.1) is 5.82 Å². The number of ether oxygens (including phenoxy) is 1. The zero-order chi connectivity index (χ0) is 36.0. The average molecular weight is 685 g/mol. The van der Waals surface area contributed by atoms with Gasteiger partial charge in [-0.25, -0.2) is 14.2 Å². The number of carbonyl (C=O) groups is 3. The molecule has 1 heterocycles. The van der Waals surface area contributed by atoms with Crippen molar-refractivity contribution in [3.63, 3.8) is 0 Å². The molecule has 0 aliphatic heterocycles. The molecule has 0 aliphatic rings. The molecule has 264 valence electrons. The third-order valence-corrected chi connectivity index (χ3v) is 7.24. The summed E-state index contributed by atoms with van der Waals surface area (Å²) in [4.78, 5) is 40.7. The van der Waals surface area contributed by atoms with E-state index in [2.05, 4.69) is 30.2 Å². The minimum absolute atomic E-state index is 0.221. The lowest BCUT2D eigenvalue weighted by atomic mass is 10.2. The number of allylic oxidation sites excluding steroid dienone is 5. The molecule has 0 spiro atoms. The summed E-state index contributed by atoms with van der Waals surface area (Å²) in [6, 6.07) is 9.77. The summed E-state index contributed by atoms with van der Waals surface area (Å²) in [6.45, 7) is 14.1. The van der Waals surface area contributed by atoms with Gasteiger partial charge in [0.15, 0.2) is 5.17 Å². The third kappa shape index (κ3) is 20.7. The van der Waals surface area contributed by atoms with Gasteiger partial charge in [-0.1, -0.05) is 68.1 Å². The van der Waals surface area contributed by atoms with Gasteiger partial charge >= 0.3 is 6.09 Å². The number of hydrogen-bond acceptors (Lipinski definition) is 7. The predicted molar refractivity (Wildman–Crippen MR) is 197 cm³/mol. The van der Waals surface area contributed by atoms with Crippen molar-refractivity contribution in [3.8, 4) is 0 Å². The van der Waals surface area contributed by atoms with E-state index in [1.165, 1.54) is 23.9 Å². The minimum Gasteiger partial charge on any atom is -0.467 e. The molecular weight excluding hydrogens is 631 g/mol. The van der Waals surface area contributed by atoms with Crippen LogP contribution in [0.2, 0.25) is 0 Å². The summed E-state index contributed by atoms with van der Waals surface area (Å²) in [5.74, 6) is 0.436. The van der Waals surface area contributed by atoms with Crippen molar-refractivity contribution in [1.29, 1.82) is 0 Å². The number of rotatable bonds is 16. The second-order valence-electron chi connectivity index (χ2n) is 10.0. The highest BCUT2D eigenvalue weighted by Crippen LogP contribution is 2.23. The van der Waals surface area contributed by atoms with Gasteiger partial charge in [0.1, 0.15) is 24.5 Å². The zero-order valence-electron chi connectivity index (χ0n) is 29.4. The molecule has 1 unspecified atom stereocenters. The van der Waals surface area contributed by atoms with E-state index >= 15 is 0 Å². The summed E-state index contributed by atoms with van der Waals surface area (Å²) >= 11 is 1.35. The van der Waals surface area contributed by atoms with Crippen molar-refractivity contribution in [2.24, 2.45) is 4.99 Å². The van der Waals surface area contributed by atoms with E-state index in [9.17, 15) is 18.8 Å². The number of nitrogens with one attached hydrogen (secondary N) is 1. The molecule has 1 N–H and O–H groups in total. The maximum Gasteiger partial charge on any atom is 0.410 e. The Kier molecular flexibility index (Phi) is 26.2. The van der Waals surface area contributed by atoms with Crippen molar-refractivity contribution in [2.75, 3.05) is 26.7 Å². The van der Waals surface area contributed by atoms with Crippen LogP contribution in [0.25, 0.3) is 0 Å². The Balaban J connectivity index is 0.000000830. The first-order valence-corrected chi connectivity index (χ1v) is 17.0. The summed E-state index contributed by atoms with van der Waals surface area (Å²) in [6.07, 6.45) is 18.6. The van der Waals surface area contributed by atoms with Gasteiger partial charge in [0.05, 0.1) is 23.7 Å². The van der Waals surface area contributed by atoms with Crippen molar-refractivity contribution in [3.05, 3.63) is 102 Å². The maximum atomic E-state index is 13.4. The molecule has 0 saturated heterocycles. The predicted octanol–water partition coefficient (Wildman–Crippen LogP) is 8.84. The van der Waals surface area contributed by atoms with Crippen LogP contribution in [0.15, 0.2) is 100 Å². The van der Waals surface area contributed by atoms with Gasteiger partial charge in [-0.3, -0.25) is 4.79 Å². The van der Waals surface area contributed by atoms with Crippen LogP contribution >= 0.6 is 11.8 Å². The first-order valence-electron chi connectivity index (χ1n) is 16.1. The zero-order valence-corrected chi connectivity index (χ0v) is 30.3. The van der Waals surface area contributed by atoms with Gasteiger partial charge in [-0.2, -0.15) is 0 Å². The molecule has 2 amide bonds. The topological polar surface area (TPSA) is 104 Å². The molecule has 9 nitrogen and oxygen atoms in total. The van der Waals surface area contributed by atoms with E-state index in [4.69, 9.17) is 9.15 Å². The lowest BCUT2D eigenvalue weighted by Gasteiger charge is -2.21. The number of amides is 2. The fourth-order valence-electron chi connectivity index (χ4n) is 3.77. The van der Waals surface area contributed by atoms with Gasteiger partial charge in [0, 0.05) is 20.1 Å². The van der Waals surface area contributed by atoms with Gasteiger partial charge < -0.3 is 29.1 Å². The summed E-state index contributed by atoms with van der Waals surface area (Å²) in [5.41, 5.74) is 1.56. The first kappa shape index (κ1) is 43.6. The summed E-state index contributed by atoms with van der Waals surface area (Å²) in [7, 11) is 1.87. The molecule has 0 aliphatic carbocycles. The van der Waals surface area contributed by atoms with Crippen LogP contribution in [0.3, 0.4) is 0 Å². The second kappa shape index (κ2) is 28.8. The smallest absolute Gasteiger partial charge is 0.410 e. The van der Waals surface area contributed by atoms with Gasteiger partial charge in [0.25, 0.3) is 0 Å². The molecule has 0 fully saturated rings. The molecule has 48 heavy (non-hydrogen) atoms. The molecule has 0 saturated carbocycles. The number of thioether (sulfide) groups is 1. The van der Waals surface area contributed by atoms with Crippen LogP contribution in [0.4, 0.5) is 14.9 Å². The number of benzene rings is 1. The molecule has 2 aromatic rings. The molecule has 0 radical (unpaired) electrons. The lowest BCUT2D eigenvalue weighted by Crippen LogP contribution is -2.32. The van der Waals surface area contributed by atoms with Gasteiger partial charge in [-0.05, 0) is 89.1 Å². The van der Waals surface area contributed by atoms with E-state index < -0.39 is 0 Å². The molecule has 2 rings (SSSR count). The number of aliphatic imine (C=N–C) groups is 1. The van der Waals surface area contributed by atoms with Gasteiger partial charge in [0.2, 0.25) is 6.41 Å². The SMILES string of the molecule is C/C=C/NC=O.C/C=C\C(=C/CC)COC(=O)N(CC)CCC.C/C=C\CC(C=O)SC(=Nc1cccc(F)c1)N(C)Cc1ccco1. The Hall–Kier alpha value is -4.38. The largest absolute Gasteiger partial charge is 0.467 e. The quantitative estimate of drug-likeness (QED) is 0.0619. The number of amidine groups is 1. The minimum atomic E-state index is -0.347. The first-order chi connectivity index (χ1) is 23.2. The molecule has 11 heteroatoms. The van der Waals surface area contributed by atoms with Crippen molar-refractivity contribution < 1.29 is 27.9 Å². The van der Waals surface area contributed by atoms with Crippen LogP contribution in [0.5, 0.6) is 0 Å². The van der Waals surface area contributed by atoms with Crippen LogP contribution < -0.4 is 5.32 Å². The van der Waals surface area contributed by atoms with Crippen molar-refractivity contribution in [1.82, 2.24) is 15.1 Å². The number of furan rings is 1. The van der Waals surface area contributed by atoms with Crippen molar-refractivity contribution in [2.45, 2.75) is 72.6 Å². The van der Waals surface area contributed by atoms with E-state index in [-0.39, 0.29) is 17.2 Å². The van der Waals surface area contributed by atoms with Crippen LogP contribution in [-0.4, -0.2) is 65.8 Å². The fourth-order valence-corrected chi connectivity index (χ4v) is 4.71. The van der Waals surface area contributed by atoms with Crippen molar-refractivity contribution >= 4 is 41.4 Å². The molecular formula is C37H53FN4O5S. The number of carbonyl (C=O) groups excluding carboxylic acids is 3. The monoisotopic (exact) mass is 684 g/mol. The normalized spacial score (nSPS) is 12.2. The Bertz CT molecular complexity index is 1310. The molecule has 1 atom stereocenters. The highest BCUT2D eigenvalue weighted by molar-refractivity contribution is 8.14. The maximum absolute atomic E-state index is 13.4. The Morgan fingerprint density at radius 2 is 1.88 bits per heavy atom. The number of hydrogen-bond donors (Lipinski definition) is 1. The van der Waals surface area contributed by atoms with Gasteiger partial charge in [-0.15, -0.1) is 0 Å². The highest BCUT2D eigenvalue weighted by atomic mass is 32.2. The van der Waals surface area contributed by atoms with E-state index in [0.29, 0.717) is 43.4 Å². The fraction of sp³-hybridized carbons (Fsp3) is 0.405. The van der Waals surface area contributed by atoms with E-state index in [1.54, 1.807) is 35.6 Å². The average Bonchev–Trinajstić information content (AvgIpc) is 3.60. The highest BCUT2D eigenvalue weighted by Gasteiger charge is 2.16. The second-order valence-corrected chi connectivity index (χ2v) is 11.2. The van der Waals surface area contributed by atoms with Crippen LogP contribution in [0.1, 0.15) is 66.6 Å². The summed E-state index contributed by atoms with van der Waals surface area (Å²) < 4.78 is 24.1. The standard InChI is InChI=1S/C19H21FN2O2S.C14H25NO2.C4H7NO/c1-3-4-10-18(14-23)25-19(21-16-8-5-7-15(20)12-16)22(2)13-17-9-6-11-24-17;1-5-9-13(10-6-2)12-17-14(16)15(8-4)11-7-3;1-2-3-5-4-6/h3-9,11-12,14,18H,10,13H2,1-2H3;5,9-10H,6-8,11-12H2,1-4H3;2-4H,1H3,(H,5,6)/b4-3-,21-19?;9-5-,13-10+;3-2+. The Morgan fingerprint density at radius 3 is 2.40 bits per heavy atom. The van der Waals surface area contributed by atoms with E-state index in [1.807, 2.05) is 76.1 Å². The molecule has 1 aromatic carbocycles. The van der Waals surface area contributed by atoms with E-state index in [0.717, 1.165) is 37.0 Å². The Labute approximate surface area is 290 Å². The summed E-state index contributed by atoms with van der Waals surface area (Å²) in [5, 5.41) is 2.70. The molecule has 1 aromatic heterocycles.